The maximum Gasteiger partial charge on any atom is 0.220 e. The summed E-state index contributed by atoms with van der Waals surface area (Å²) in [5.74, 6) is 2.15. The molecule has 172 valence electrons. The van der Waals surface area contributed by atoms with E-state index in [0.29, 0.717) is 18.9 Å². The molecule has 1 aliphatic heterocycles. The van der Waals surface area contributed by atoms with Gasteiger partial charge in [0.25, 0.3) is 0 Å². The van der Waals surface area contributed by atoms with Crippen LogP contribution in [0, 0.1) is 5.92 Å². The summed E-state index contributed by atoms with van der Waals surface area (Å²) < 4.78 is 10.6. The number of methoxy groups -OCH3 is 2. The van der Waals surface area contributed by atoms with Crippen molar-refractivity contribution < 1.29 is 14.3 Å². The number of rotatable bonds is 10. The molecule has 0 aromatic heterocycles. The van der Waals surface area contributed by atoms with Crippen molar-refractivity contribution in [2.24, 2.45) is 5.92 Å². The van der Waals surface area contributed by atoms with Crippen molar-refractivity contribution in [2.45, 2.75) is 39.2 Å². The fraction of sp³-hybridized carbons (Fsp3) is 0.444. The summed E-state index contributed by atoms with van der Waals surface area (Å²) in [6.07, 6.45) is 6.18. The van der Waals surface area contributed by atoms with E-state index < -0.39 is 0 Å². The minimum atomic E-state index is 0.0974. The Morgan fingerprint density at radius 1 is 1.16 bits per heavy atom. The maximum atomic E-state index is 12.4. The summed E-state index contributed by atoms with van der Waals surface area (Å²) in [6, 6.07) is 16.1. The van der Waals surface area contributed by atoms with Crippen LogP contribution in [0.4, 0.5) is 0 Å². The van der Waals surface area contributed by atoms with Crippen LogP contribution in [0.1, 0.15) is 43.7 Å². The normalized spacial score (nSPS) is 17.1. The third kappa shape index (κ3) is 7.41. The number of nitrogens with one attached hydrogen (secondary N) is 1. The molecule has 0 saturated carbocycles. The molecular weight excluding hydrogens is 400 g/mol. The lowest BCUT2D eigenvalue weighted by Gasteiger charge is -2.33. The van der Waals surface area contributed by atoms with Crippen LogP contribution in [-0.4, -0.2) is 44.7 Å². The molecule has 0 aliphatic carbocycles. The van der Waals surface area contributed by atoms with Crippen molar-refractivity contribution in [1.82, 2.24) is 10.2 Å². The highest BCUT2D eigenvalue weighted by atomic mass is 16.5. The molecule has 1 N–H and O–H groups in total. The Kier molecular flexibility index (Phi) is 9.17. The van der Waals surface area contributed by atoms with E-state index in [1.54, 1.807) is 14.2 Å². The number of amides is 1. The average molecular weight is 437 g/mol. The van der Waals surface area contributed by atoms with Gasteiger partial charge in [-0.1, -0.05) is 42.0 Å². The molecule has 1 aliphatic rings. The fourth-order valence-corrected chi connectivity index (χ4v) is 4.38. The van der Waals surface area contributed by atoms with Crippen LogP contribution in [0.5, 0.6) is 11.5 Å². The van der Waals surface area contributed by atoms with Gasteiger partial charge in [-0.25, -0.2) is 0 Å². The molecule has 1 fully saturated rings. The molecule has 1 atom stereocenters. The molecule has 2 aromatic carbocycles. The quantitative estimate of drug-likeness (QED) is 0.575. The zero-order valence-corrected chi connectivity index (χ0v) is 19.6. The zero-order chi connectivity index (χ0) is 22.8. The van der Waals surface area contributed by atoms with E-state index in [1.165, 1.54) is 24.0 Å². The highest BCUT2D eigenvalue weighted by Gasteiger charge is 2.20. The van der Waals surface area contributed by atoms with Crippen molar-refractivity contribution >= 4 is 12.0 Å². The van der Waals surface area contributed by atoms with E-state index in [-0.39, 0.29) is 5.91 Å². The van der Waals surface area contributed by atoms with Gasteiger partial charge in [0.05, 0.1) is 14.2 Å². The number of benzene rings is 2. The summed E-state index contributed by atoms with van der Waals surface area (Å²) in [5.41, 5.74) is 3.58. The highest BCUT2D eigenvalue weighted by molar-refractivity contribution is 5.76. The lowest BCUT2D eigenvalue weighted by Crippen LogP contribution is -2.37. The Labute approximate surface area is 192 Å². The van der Waals surface area contributed by atoms with Gasteiger partial charge in [0.1, 0.15) is 11.5 Å². The molecule has 1 saturated heterocycles. The second kappa shape index (κ2) is 12.3. The van der Waals surface area contributed by atoms with Crippen LogP contribution in [0.3, 0.4) is 0 Å². The first kappa shape index (κ1) is 23.9. The monoisotopic (exact) mass is 436 g/mol. The van der Waals surface area contributed by atoms with E-state index in [4.69, 9.17) is 9.47 Å². The third-order valence-electron chi connectivity index (χ3n) is 6.04. The standard InChI is InChI=1S/C27H36N2O3/c1-21(16-22-8-5-4-6-9-22)19-29-15-7-10-23(20-29)11-14-27(30)28-18-24-12-13-25(31-2)17-26(24)32-3/h4-6,8-9,12-13,16-17,23H,7,10-11,14-15,18-20H2,1-3H3,(H,28,30)/b21-16+/t23-/m1/s1. The lowest BCUT2D eigenvalue weighted by molar-refractivity contribution is -0.121. The van der Waals surface area contributed by atoms with Gasteiger partial charge in [0.15, 0.2) is 0 Å². The van der Waals surface area contributed by atoms with Crippen molar-refractivity contribution in [3.8, 4) is 11.5 Å². The van der Waals surface area contributed by atoms with E-state index >= 15 is 0 Å². The van der Waals surface area contributed by atoms with Gasteiger partial charge in [-0.2, -0.15) is 0 Å². The molecule has 0 spiro atoms. The van der Waals surface area contributed by atoms with Crippen LogP contribution in [0.15, 0.2) is 54.1 Å². The van der Waals surface area contributed by atoms with E-state index in [2.05, 4.69) is 47.5 Å². The van der Waals surface area contributed by atoms with Crippen molar-refractivity contribution in [2.75, 3.05) is 33.9 Å². The Hall–Kier alpha value is -2.79. The molecule has 3 rings (SSSR count). The van der Waals surface area contributed by atoms with E-state index in [1.807, 2.05) is 24.3 Å². The number of nitrogens with zero attached hydrogens (tertiary/aromatic N) is 1. The molecule has 0 radical (unpaired) electrons. The Balaban J connectivity index is 1.42. The number of hydrogen-bond donors (Lipinski definition) is 1. The van der Waals surface area contributed by atoms with Crippen LogP contribution < -0.4 is 14.8 Å². The SMILES string of the molecule is COc1ccc(CNC(=O)CC[C@H]2CCCN(C/C(C)=C/c3ccccc3)C2)c(OC)c1. The minimum Gasteiger partial charge on any atom is -0.497 e. The Morgan fingerprint density at radius 3 is 2.72 bits per heavy atom. The second-order valence-corrected chi connectivity index (χ2v) is 8.64. The van der Waals surface area contributed by atoms with Crippen molar-refractivity contribution in [1.29, 1.82) is 0 Å². The maximum absolute atomic E-state index is 12.4. The van der Waals surface area contributed by atoms with Gasteiger partial charge >= 0.3 is 0 Å². The summed E-state index contributed by atoms with van der Waals surface area (Å²) in [7, 11) is 3.26. The van der Waals surface area contributed by atoms with Crippen LogP contribution in [0.2, 0.25) is 0 Å². The Morgan fingerprint density at radius 2 is 1.97 bits per heavy atom. The number of ether oxygens (including phenoxy) is 2. The summed E-state index contributed by atoms with van der Waals surface area (Å²) in [4.78, 5) is 15.0. The first-order chi connectivity index (χ1) is 15.6. The van der Waals surface area contributed by atoms with Gasteiger partial charge in [0.2, 0.25) is 5.91 Å². The minimum absolute atomic E-state index is 0.0974. The van der Waals surface area contributed by atoms with Crippen LogP contribution >= 0.6 is 0 Å². The summed E-state index contributed by atoms with van der Waals surface area (Å²) in [5, 5.41) is 3.04. The molecule has 1 amide bonds. The predicted octanol–water partition coefficient (Wildman–Crippen LogP) is 4.92. The van der Waals surface area contributed by atoms with E-state index in [9.17, 15) is 4.79 Å². The van der Waals surface area contributed by atoms with Gasteiger partial charge in [-0.05, 0) is 56.3 Å². The molecule has 0 bridgehead atoms. The number of carbonyl (C=O) groups excluding carboxylic acids is 1. The molecule has 32 heavy (non-hydrogen) atoms. The molecule has 0 unspecified atom stereocenters. The van der Waals surface area contributed by atoms with Crippen LogP contribution in [-0.2, 0) is 11.3 Å². The lowest BCUT2D eigenvalue weighted by atomic mass is 9.93. The summed E-state index contributed by atoms with van der Waals surface area (Å²) in [6.45, 7) is 5.87. The van der Waals surface area contributed by atoms with E-state index in [0.717, 1.165) is 43.1 Å². The average Bonchev–Trinajstić information content (AvgIpc) is 2.82. The van der Waals surface area contributed by atoms with Gasteiger partial charge in [-0.15, -0.1) is 0 Å². The van der Waals surface area contributed by atoms with Crippen molar-refractivity contribution in [3.63, 3.8) is 0 Å². The number of hydrogen-bond acceptors (Lipinski definition) is 4. The summed E-state index contributed by atoms with van der Waals surface area (Å²) >= 11 is 0. The van der Waals surface area contributed by atoms with Gasteiger partial charge in [0, 0.05) is 37.7 Å². The predicted molar refractivity (Wildman–Crippen MR) is 130 cm³/mol. The largest absolute Gasteiger partial charge is 0.497 e. The second-order valence-electron chi connectivity index (χ2n) is 8.64. The molecule has 5 heteroatoms. The first-order valence-electron chi connectivity index (χ1n) is 11.5. The Bertz CT molecular complexity index is 895. The van der Waals surface area contributed by atoms with Gasteiger partial charge in [-0.3, -0.25) is 9.69 Å². The fourth-order valence-electron chi connectivity index (χ4n) is 4.38. The molecule has 2 aromatic rings. The number of piperidine rings is 1. The molecule has 1 heterocycles. The topological polar surface area (TPSA) is 50.8 Å². The smallest absolute Gasteiger partial charge is 0.220 e. The number of carbonyl (C=O) groups is 1. The zero-order valence-electron chi connectivity index (χ0n) is 19.6. The number of likely N-dealkylation sites (tertiary alicyclic amines) is 1. The molecule has 5 nitrogen and oxygen atoms in total. The first-order valence-corrected chi connectivity index (χ1v) is 11.5. The van der Waals surface area contributed by atoms with Gasteiger partial charge < -0.3 is 14.8 Å². The molecular formula is C27H36N2O3. The van der Waals surface area contributed by atoms with Crippen LogP contribution in [0.25, 0.3) is 6.08 Å². The highest BCUT2D eigenvalue weighted by Crippen LogP contribution is 2.25. The van der Waals surface area contributed by atoms with Crippen molar-refractivity contribution in [3.05, 3.63) is 65.2 Å². The third-order valence-corrected chi connectivity index (χ3v) is 6.04.